The molecule has 1 aliphatic heterocycles. The van der Waals surface area contributed by atoms with Crippen LogP contribution in [0.1, 0.15) is 18.7 Å². The van der Waals surface area contributed by atoms with Crippen molar-refractivity contribution in [2.24, 2.45) is 11.8 Å². The monoisotopic (exact) mass is 296 g/mol. The average Bonchev–Trinajstić information content (AvgIpc) is 3.04. The molecule has 0 unspecified atom stereocenters. The third-order valence-electron chi connectivity index (χ3n) is 3.78. The molecule has 2 atom stereocenters. The summed E-state index contributed by atoms with van der Waals surface area (Å²) in [4.78, 5) is 28.2. The fourth-order valence-corrected chi connectivity index (χ4v) is 3.27. The fraction of sp³-hybridized carbons (Fsp3) is 0.571. The van der Waals surface area contributed by atoms with E-state index in [2.05, 4.69) is 0 Å². The summed E-state index contributed by atoms with van der Waals surface area (Å²) in [5, 5.41) is 11.1. The van der Waals surface area contributed by atoms with Crippen LogP contribution < -0.4 is 0 Å². The lowest BCUT2D eigenvalue weighted by Crippen LogP contribution is -2.41. The van der Waals surface area contributed by atoms with Crippen LogP contribution in [0.4, 0.5) is 4.79 Å². The van der Waals surface area contributed by atoms with E-state index in [-0.39, 0.29) is 11.9 Å². The highest BCUT2D eigenvalue weighted by molar-refractivity contribution is 7.09. The van der Waals surface area contributed by atoms with Crippen LogP contribution in [0.3, 0.4) is 0 Å². The lowest BCUT2D eigenvalue weighted by Gasteiger charge is -2.26. The molecule has 0 aliphatic carbocycles. The lowest BCUT2D eigenvalue weighted by atomic mass is 9.99. The van der Waals surface area contributed by atoms with Crippen LogP contribution in [0, 0.1) is 11.8 Å². The normalized spacial score (nSPS) is 22.0. The smallest absolute Gasteiger partial charge is 0.320 e. The van der Waals surface area contributed by atoms with Crippen molar-refractivity contribution in [2.75, 3.05) is 19.6 Å². The number of hydrogen-bond donors (Lipinski definition) is 1. The highest BCUT2D eigenvalue weighted by Crippen LogP contribution is 2.24. The molecule has 2 rings (SSSR count). The Hall–Kier alpha value is -1.56. The van der Waals surface area contributed by atoms with E-state index in [0.29, 0.717) is 26.2 Å². The molecule has 110 valence electrons. The SMILES string of the molecule is CCN(Cc1cccs1)C(=O)N1C[C@@H](C)[C@H](C(=O)O)C1. The molecule has 0 bridgehead atoms. The Morgan fingerprint density at radius 2 is 2.25 bits per heavy atom. The maximum atomic E-state index is 12.5. The van der Waals surface area contributed by atoms with Crippen LogP contribution in [0.25, 0.3) is 0 Å². The quantitative estimate of drug-likeness (QED) is 0.927. The van der Waals surface area contributed by atoms with Gasteiger partial charge in [0.2, 0.25) is 0 Å². The van der Waals surface area contributed by atoms with E-state index in [1.54, 1.807) is 21.1 Å². The van der Waals surface area contributed by atoms with Crippen molar-refractivity contribution in [3.8, 4) is 0 Å². The molecule has 0 radical (unpaired) electrons. The molecule has 2 amide bonds. The third-order valence-corrected chi connectivity index (χ3v) is 4.64. The van der Waals surface area contributed by atoms with Gasteiger partial charge in [0.1, 0.15) is 0 Å². The summed E-state index contributed by atoms with van der Waals surface area (Å²) in [5.41, 5.74) is 0. The number of carbonyl (C=O) groups excluding carboxylic acids is 1. The van der Waals surface area contributed by atoms with Crippen LogP contribution in [0.2, 0.25) is 0 Å². The molecule has 0 saturated carbocycles. The Balaban J connectivity index is 2.01. The van der Waals surface area contributed by atoms with Crippen molar-refractivity contribution in [1.82, 2.24) is 9.80 Å². The molecule has 6 heteroatoms. The number of carboxylic acids is 1. The van der Waals surface area contributed by atoms with Gasteiger partial charge in [0.25, 0.3) is 0 Å². The zero-order chi connectivity index (χ0) is 14.7. The van der Waals surface area contributed by atoms with Gasteiger partial charge in [0.05, 0.1) is 12.5 Å². The van der Waals surface area contributed by atoms with Crippen molar-refractivity contribution in [3.05, 3.63) is 22.4 Å². The zero-order valence-electron chi connectivity index (χ0n) is 11.8. The molecule has 1 N–H and O–H groups in total. The van der Waals surface area contributed by atoms with E-state index in [1.165, 1.54) is 0 Å². The van der Waals surface area contributed by atoms with Gasteiger partial charge in [0.15, 0.2) is 0 Å². The topological polar surface area (TPSA) is 60.9 Å². The fourth-order valence-electron chi connectivity index (χ4n) is 2.55. The molecule has 0 spiro atoms. The second-order valence-electron chi connectivity index (χ2n) is 5.20. The molecule has 1 fully saturated rings. The summed E-state index contributed by atoms with van der Waals surface area (Å²) in [6, 6.07) is 3.92. The molecule has 1 saturated heterocycles. The second-order valence-corrected chi connectivity index (χ2v) is 6.24. The number of urea groups is 1. The molecule has 1 aromatic heterocycles. The van der Waals surface area contributed by atoms with Crippen LogP contribution in [-0.2, 0) is 11.3 Å². The van der Waals surface area contributed by atoms with Gasteiger partial charge in [0, 0.05) is 24.5 Å². The van der Waals surface area contributed by atoms with E-state index >= 15 is 0 Å². The van der Waals surface area contributed by atoms with E-state index in [4.69, 9.17) is 5.11 Å². The number of aliphatic carboxylic acids is 1. The molecule has 0 aromatic carbocycles. The van der Waals surface area contributed by atoms with Gasteiger partial charge < -0.3 is 14.9 Å². The van der Waals surface area contributed by atoms with Gasteiger partial charge in [-0.3, -0.25) is 4.79 Å². The van der Waals surface area contributed by atoms with Gasteiger partial charge >= 0.3 is 12.0 Å². The number of nitrogens with zero attached hydrogens (tertiary/aromatic N) is 2. The van der Waals surface area contributed by atoms with Gasteiger partial charge in [-0.05, 0) is 24.3 Å². The summed E-state index contributed by atoms with van der Waals surface area (Å²) in [7, 11) is 0. The number of thiophene rings is 1. The van der Waals surface area contributed by atoms with E-state index in [1.807, 2.05) is 31.4 Å². The summed E-state index contributed by atoms with van der Waals surface area (Å²) >= 11 is 1.63. The Morgan fingerprint density at radius 3 is 2.75 bits per heavy atom. The first-order chi connectivity index (χ1) is 9.52. The summed E-state index contributed by atoms with van der Waals surface area (Å²) in [6.45, 7) is 5.89. The zero-order valence-corrected chi connectivity index (χ0v) is 12.6. The van der Waals surface area contributed by atoms with Gasteiger partial charge in [-0.25, -0.2) is 4.79 Å². The predicted molar refractivity (Wildman–Crippen MR) is 77.7 cm³/mol. The Labute approximate surface area is 122 Å². The molecular weight excluding hydrogens is 276 g/mol. The second kappa shape index (κ2) is 6.26. The summed E-state index contributed by atoms with van der Waals surface area (Å²) in [5.74, 6) is -1.25. The van der Waals surface area contributed by atoms with Crippen molar-refractivity contribution >= 4 is 23.3 Å². The Bertz CT molecular complexity index is 475. The van der Waals surface area contributed by atoms with Crippen molar-refractivity contribution in [2.45, 2.75) is 20.4 Å². The number of rotatable bonds is 4. The maximum Gasteiger partial charge on any atom is 0.320 e. The minimum atomic E-state index is -0.811. The number of carbonyl (C=O) groups is 2. The van der Waals surface area contributed by atoms with E-state index < -0.39 is 11.9 Å². The maximum absolute atomic E-state index is 12.5. The largest absolute Gasteiger partial charge is 0.481 e. The molecule has 20 heavy (non-hydrogen) atoms. The minimum absolute atomic E-state index is 0.0110. The number of likely N-dealkylation sites (tertiary alicyclic amines) is 1. The Morgan fingerprint density at radius 1 is 1.50 bits per heavy atom. The Kier molecular flexibility index (Phi) is 4.65. The van der Waals surface area contributed by atoms with Crippen molar-refractivity contribution in [3.63, 3.8) is 0 Å². The van der Waals surface area contributed by atoms with Crippen LogP contribution in [0.15, 0.2) is 17.5 Å². The van der Waals surface area contributed by atoms with Crippen LogP contribution in [0.5, 0.6) is 0 Å². The summed E-state index contributed by atoms with van der Waals surface area (Å²) < 4.78 is 0. The third kappa shape index (κ3) is 3.12. The van der Waals surface area contributed by atoms with Crippen molar-refractivity contribution < 1.29 is 14.7 Å². The predicted octanol–water partition coefficient (Wildman–Crippen LogP) is 2.34. The first-order valence-electron chi connectivity index (χ1n) is 6.82. The minimum Gasteiger partial charge on any atom is -0.481 e. The van der Waals surface area contributed by atoms with Gasteiger partial charge in [-0.15, -0.1) is 11.3 Å². The van der Waals surface area contributed by atoms with E-state index in [0.717, 1.165) is 4.88 Å². The molecule has 5 nitrogen and oxygen atoms in total. The number of hydrogen-bond acceptors (Lipinski definition) is 3. The van der Waals surface area contributed by atoms with Gasteiger partial charge in [-0.2, -0.15) is 0 Å². The van der Waals surface area contributed by atoms with Crippen LogP contribution >= 0.6 is 11.3 Å². The number of amides is 2. The highest BCUT2D eigenvalue weighted by Gasteiger charge is 2.38. The first-order valence-corrected chi connectivity index (χ1v) is 7.70. The molecular formula is C14H20N2O3S. The first kappa shape index (κ1) is 14.8. The standard InChI is InChI=1S/C14H20N2O3S/c1-3-15(8-11-5-4-6-20-11)14(19)16-7-10(2)12(9-16)13(17)18/h4-6,10,12H,3,7-9H2,1-2H3,(H,17,18)/t10-,12-/m1/s1. The molecule has 2 heterocycles. The molecule has 1 aromatic rings. The van der Waals surface area contributed by atoms with E-state index in [9.17, 15) is 9.59 Å². The highest BCUT2D eigenvalue weighted by atomic mass is 32.1. The molecule has 1 aliphatic rings. The van der Waals surface area contributed by atoms with Crippen molar-refractivity contribution in [1.29, 1.82) is 0 Å². The summed E-state index contributed by atoms with van der Waals surface area (Å²) in [6.07, 6.45) is 0. The number of carboxylic acid groups (broad SMARTS) is 1. The van der Waals surface area contributed by atoms with Gasteiger partial charge in [-0.1, -0.05) is 13.0 Å². The average molecular weight is 296 g/mol. The lowest BCUT2D eigenvalue weighted by molar-refractivity contribution is -0.142. The van der Waals surface area contributed by atoms with Crippen LogP contribution in [-0.4, -0.2) is 46.5 Å².